The maximum Gasteiger partial charge on any atom is 0.203 e. The van der Waals surface area contributed by atoms with Gasteiger partial charge in [0, 0.05) is 44.0 Å². The van der Waals surface area contributed by atoms with Crippen molar-refractivity contribution in [2.45, 2.75) is 25.4 Å². The minimum Gasteiger partial charge on any atom is -0.354 e. The van der Waals surface area contributed by atoms with Gasteiger partial charge in [-0.1, -0.05) is 24.3 Å². The summed E-state index contributed by atoms with van der Waals surface area (Å²) in [4.78, 5) is 9.24. The maximum atomic E-state index is 5.83. The fraction of sp³-hybridized carbons (Fsp3) is 0.381. The first-order valence-electron chi connectivity index (χ1n) is 9.93. The van der Waals surface area contributed by atoms with Gasteiger partial charge in [-0.15, -0.1) is 0 Å². The van der Waals surface area contributed by atoms with Crippen LogP contribution in [0, 0.1) is 4.77 Å². The van der Waals surface area contributed by atoms with Crippen LogP contribution in [0.3, 0.4) is 0 Å². The Kier molecular flexibility index (Phi) is 4.70. The van der Waals surface area contributed by atoms with E-state index in [1.54, 1.807) is 0 Å². The molecule has 0 N–H and O–H groups in total. The zero-order valence-electron chi connectivity index (χ0n) is 15.8. The van der Waals surface area contributed by atoms with Crippen molar-refractivity contribution in [3.63, 3.8) is 0 Å². The molecule has 2 fully saturated rings. The molecular weight excluding hydrogens is 368 g/mol. The van der Waals surface area contributed by atoms with Crippen molar-refractivity contribution < 1.29 is 0 Å². The van der Waals surface area contributed by atoms with E-state index in [1.807, 2.05) is 29.1 Å². The van der Waals surface area contributed by atoms with Gasteiger partial charge in [0.2, 0.25) is 4.77 Å². The van der Waals surface area contributed by atoms with Crippen LogP contribution in [0.25, 0.3) is 5.69 Å². The smallest absolute Gasteiger partial charge is 0.203 e. The molecule has 3 heterocycles. The molecule has 6 nitrogen and oxygen atoms in total. The van der Waals surface area contributed by atoms with E-state index in [-0.39, 0.29) is 0 Å². The van der Waals surface area contributed by atoms with Gasteiger partial charge in [0.1, 0.15) is 11.6 Å². The zero-order valence-corrected chi connectivity index (χ0v) is 16.6. The number of piperazine rings is 1. The summed E-state index contributed by atoms with van der Waals surface area (Å²) in [6.45, 7) is 4.65. The van der Waals surface area contributed by atoms with E-state index in [9.17, 15) is 0 Å². The third-order valence-electron chi connectivity index (χ3n) is 5.50. The van der Waals surface area contributed by atoms with Crippen LogP contribution in [-0.2, 0) is 6.67 Å². The molecule has 28 heavy (non-hydrogen) atoms. The standard InChI is InChI=1S/C21H24N6S/c28-21-26(16-24-12-14-25(15-13-24)19-8-4-5-11-22-19)23-20(17-9-10-17)27(21)18-6-2-1-3-7-18/h1-8,11,17H,9-10,12-16H2. The van der Waals surface area contributed by atoms with Crippen molar-refractivity contribution in [2.24, 2.45) is 0 Å². The Morgan fingerprint density at radius 2 is 1.68 bits per heavy atom. The van der Waals surface area contributed by atoms with E-state index in [2.05, 4.69) is 49.7 Å². The molecule has 0 bridgehead atoms. The van der Waals surface area contributed by atoms with Crippen LogP contribution in [0.15, 0.2) is 54.7 Å². The predicted octanol–water partition coefficient (Wildman–Crippen LogP) is 3.46. The van der Waals surface area contributed by atoms with Gasteiger partial charge >= 0.3 is 0 Å². The number of pyridine rings is 1. The van der Waals surface area contributed by atoms with Gasteiger partial charge in [-0.05, 0) is 49.3 Å². The van der Waals surface area contributed by atoms with E-state index in [4.69, 9.17) is 17.3 Å². The Hall–Kier alpha value is -2.51. The van der Waals surface area contributed by atoms with Crippen molar-refractivity contribution in [1.29, 1.82) is 0 Å². The Balaban J connectivity index is 1.33. The molecule has 5 rings (SSSR count). The molecule has 1 saturated heterocycles. The predicted molar refractivity (Wildman–Crippen MR) is 112 cm³/mol. The first kappa shape index (κ1) is 17.6. The average molecular weight is 393 g/mol. The van der Waals surface area contributed by atoms with Gasteiger partial charge in [-0.3, -0.25) is 9.47 Å². The molecule has 0 atom stereocenters. The summed E-state index contributed by atoms with van der Waals surface area (Å²) in [6, 6.07) is 16.5. The molecule has 144 valence electrons. The number of hydrogen-bond donors (Lipinski definition) is 0. The van der Waals surface area contributed by atoms with Gasteiger partial charge in [0.25, 0.3) is 0 Å². The number of nitrogens with zero attached hydrogens (tertiary/aromatic N) is 6. The average Bonchev–Trinajstić information content (AvgIpc) is 3.55. The number of anilines is 1. The Morgan fingerprint density at radius 3 is 2.36 bits per heavy atom. The highest BCUT2D eigenvalue weighted by molar-refractivity contribution is 7.71. The monoisotopic (exact) mass is 392 g/mol. The van der Waals surface area contributed by atoms with Crippen LogP contribution < -0.4 is 4.90 Å². The van der Waals surface area contributed by atoms with Crippen LogP contribution in [0.4, 0.5) is 5.82 Å². The van der Waals surface area contributed by atoms with Crippen LogP contribution >= 0.6 is 12.2 Å². The second kappa shape index (κ2) is 7.48. The fourth-order valence-electron chi connectivity index (χ4n) is 3.79. The largest absolute Gasteiger partial charge is 0.354 e. The van der Waals surface area contributed by atoms with E-state index in [1.165, 1.54) is 12.8 Å². The summed E-state index contributed by atoms with van der Waals surface area (Å²) in [5, 5.41) is 4.93. The van der Waals surface area contributed by atoms with Crippen LogP contribution in [0.1, 0.15) is 24.6 Å². The highest BCUT2D eigenvalue weighted by Gasteiger charge is 2.31. The SMILES string of the molecule is S=c1n(CN2CCN(c3ccccn3)CC2)nc(C2CC2)n1-c1ccccc1. The maximum absolute atomic E-state index is 5.83. The number of aromatic nitrogens is 4. The molecule has 2 aromatic heterocycles. The molecule has 0 amide bonds. The van der Waals surface area contributed by atoms with E-state index < -0.39 is 0 Å². The molecule has 1 aromatic carbocycles. The number of para-hydroxylation sites is 1. The summed E-state index contributed by atoms with van der Waals surface area (Å²) >= 11 is 5.83. The first-order chi connectivity index (χ1) is 13.8. The lowest BCUT2D eigenvalue weighted by Gasteiger charge is -2.35. The van der Waals surface area contributed by atoms with Gasteiger partial charge < -0.3 is 4.90 Å². The zero-order chi connectivity index (χ0) is 18.9. The Bertz CT molecular complexity index is 985. The molecule has 2 aliphatic rings. The number of rotatable bonds is 5. The Morgan fingerprint density at radius 1 is 0.929 bits per heavy atom. The van der Waals surface area contributed by atoms with Crippen LogP contribution in [-0.4, -0.2) is 50.4 Å². The Labute approximate surface area is 170 Å². The highest BCUT2D eigenvalue weighted by atomic mass is 32.1. The van der Waals surface area contributed by atoms with Crippen LogP contribution in [0.2, 0.25) is 0 Å². The third kappa shape index (κ3) is 3.47. The van der Waals surface area contributed by atoms with Gasteiger partial charge in [-0.2, -0.15) is 5.10 Å². The van der Waals surface area contributed by atoms with E-state index >= 15 is 0 Å². The summed E-state index contributed by atoms with van der Waals surface area (Å²) in [5.41, 5.74) is 1.11. The molecule has 0 unspecified atom stereocenters. The minimum absolute atomic E-state index is 0.546. The number of hydrogen-bond acceptors (Lipinski definition) is 5. The molecule has 1 aliphatic heterocycles. The molecule has 3 aromatic rings. The fourth-order valence-corrected chi connectivity index (χ4v) is 4.09. The van der Waals surface area contributed by atoms with Crippen molar-refractivity contribution in [1.82, 2.24) is 24.2 Å². The van der Waals surface area contributed by atoms with Gasteiger partial charge in [0.05, 0.1) is 6.67 Å². The normalized spacial score (nSPS) is 17.8. The highest BCUT2D eigenvalue weighted by Crippen LogP contribution is 2.40. The minimum atomic E-state index is 0.546. The molecule has 1 saturated carbocycles. The summed E-state index contributed by atoms with van der Waals surface area (Å²) in [7, 11) is 0. The van der Waals surface area contributed by atoms with Crippen molar-refractivity contribution in [3.8, 4) is 5.69 Å². The molecule has 1 aliphatic carbocycles. The van der Waals surface area contributed by atoms with Crippen molar-refractivity contribution in [2.75, 3.05) is 31.1 Å². The second-order valence-electron chi connectivity index (χ2n) is 7.52. The van der Waals surface area contributed by atoms with E-state index in [0.29, 0.717) is 5.92 Å². The summed E-state index contributed by atoms with van der Waals surface area (Å²) in [5.74, 6) is 2.72. The van der Waals surface area contributed by atoms with Crippen LogP contribution in [0.5, 0.6) is 0 Å². The molecular formula is C21H24N6S. The van der Waals surface area contributed by atoms with E-state index in [0.717, 1.165) is 54.9 Å². The summed E-state index contributed by atoms with van der Waals surface area (Å²) in [6.07, 6.45) is 4.28. The summed E-state index contributed by atoms with van der Waals surface area (Å²) < 4.78 is 4.96. The number of benzene rings is 1. The topological polar surface area (TPSA) is 42.1 Å². The molecule has 0 radical (unpaired) electrons. The first-order valence-corrected chi connectivity index (χ1v) is 10.3. The lowest BCUT2D eigenvalue weighted by Crippen LogP contribution is -2.47. The molecule has 7 heteroatoms. The van der Waals surface area contributed by atoms with Crippen molar-refractivity contribution >= 4 is 18.0 Å². The van der Waals surface area contributed by atoms with Crippen molar-refractivity contribution in [3.05, 3.63) is 65.3 Å². The second-order valence-corrected chi connectivity index (χ2v) is 7.89. The quantitative estimate of drug-likeness (QED) is 0.622. The third-order valence-corrected chi connectivity index (χ3v) is 5.89. The van der Waals surface area contributed by atoms with Gasteiger partial charge in [0.15, 0.2) is 0 Å². The van der Waals surface area contributed by atoms with Gasteiger partial charge in [-0.25, -0.2) is 9.67 Å². The molecule has 0 spiro atoms. The lowest BCUT2D eigenvalue weighted by molar-refractivity contribution is 0.193. The lowest BCUT2D eigenvalue weighted by atomic mass is 10.3.